The van der Waals surface area contributed by atoms with E-state index in [2.05, 4.69) is 10.6 Å². The Hall–Kier alpha value is -1.82. The van der Waals surface area contributed by atoms with Crippen molar-refractivity contribution in [3.8, 4) is 11.5 Å². The highest BCUT2D eigenvalue weighted by molar-refractivity contribution is 7.80. The molecule has 2 N–H and O–H groups in total. The van der Waals surface area contributed by atoms with Gasteiger partial charge in [0, 0.05) is 0 Å². The van der Waals surface area contributed by atoms with Gasteiger partial charge in [-0.05, 0) is 36.8 Å². The van der Waals surface area contributed by atoms with Gasteiger partial charge in [-0.3, -0.25) is 4.79 Å². The van der Waals surface area contributed by atoms with E-state index in [4.69, 9.17) is 21.7 Å². The van der Waals surface area contributed by atoms with Gasteiger partial charge in [-0.15, -0.1) is 0 Å². The molecule has 0 radical (unpaired) electrons. The Morgan fingerprint density at radius 2 is 2.12 bits per heavy atom. The van der Waals surface area contributed by atoms with E-state index in [0.29, 0.717) is 16.6 Å². The third kappa shape index (κ3) is 1.44. The first-order chi connectivity index (χ1) is 8.09. The molecule has 5 nitrogen and oxygen atoms in total. The van der Waals surface area contributed by atoms with E-state index >= 15 is 0 Å². The summed E-state index contributed by atoms with van der Waals surface area (Å²) in [6, 6.07) is 5.41. The molecule has 0 aliphatic carbocycles. The third-order valence-electron chi connectivity index (χ3n) is 2.99. The summed E-state index contributed by atoms with van der Waals surface area (Å²) in [5.41, 5.74) is -0.0583. The van der Waals surface area contributed by atoms with E-state index in [0.717, 1.165) is 5.56 Å². The highest BCUT2D eigenvalue weighted by atomic mass is 32.1. The van der Waals surface area contributed by atoms with Crippen molar-refractivity contribution in [3.63, 3.8) is 0 Å². The number of carbonyl (C=O) groups is 1. The molecule has 0 spiro atoms. The highest BCUT2D eigenvalue weighted by Crippen LogP contribution is 2.36. The van der Waals surface area contributed by atoms with Crippen LogP contribution in [-0.4, -0.2) is 17.8 Å². The summed E-state index contributed by atoms with van der Waals surface area (Å²) in [5.74, 6) is 1.18. The molecular formula is C11H10N2O3S. The standard InChI is InChI=1S/C11H10N2O3S/c1-11(9(14)12-10(17)13-11)6-2-3-7-8(4-6)16-5-15-7/h2-4H,5H2,1H3,(H2,12,13,14,17). The second-order valence-electron chi connectivity index (χ2n) is 4.10. The van der Waals surface area contributed by atoms with Gasteiger partial charge in [0.15, 0.2) is 16.6 Å². The molecule has 88 valence electrons. The van der Waals surface area contributed by atoms with Crippen molar-refractivity contribution in [2.75, 3.05) is 6.79 Å². The summed E-state index contributed by atoms with van der Waals surface area (Å²) in [7, 11) is 0. The molecule has 1 unspecified atom stereocenters. The van der Waals surface area contributed by atoms with Gasteiger partial charge >= 0.3 is 0 Å². The van der Waals surface area contributed by atoms with Crippen molar-refractivity contribution >= 4 is 23.2 Å². The molecule has 2 aliphatic rings. The van der Waals surface area contributed by atoms with Crippen LogP contribution in [0.2, 0.25) is 0 Å². The van der Waals surface area contributed by atoms with E-state index < -0.39 is 5.54 Å². The lowest BCUT2D eigenvalue weighted by Gasteiger charge is -2.21. The first kappa shape index (κ1) is 10.3. The number of amides is 1. The summed E-state index contributed by atoms with van der Waals surface area (Å²) in [4.78, 5) is 11.9. The van der Waals surface area contributed by atoms with Gasteiger partial charge in [0.1, 0.15) is 5.54 Å². The van der Waals surface area contributed by atoms with Gasteiger partial charge in [-0.2, -0.15) is 0 Å². The Kier molecular flexibility index (Phi) is 2.03. The Labute approximate surface area is 103 Å². The Morgan fingerprint density at radius 3 is 2.82 bits per heavy atom. The minimum Gasteiger partial charge on any atom is -0.454 e. The maximum Gasteiger partial charge on any atom is 0.256 e. The van der Waals surface area contributed by atoms with Crippen molar-refractivity contribution in [2.24, 2.45) is 0 Å². The lowest BCUT2D eigenvalue weighted by Crippen LogP contribution is -2.40. The SMILES string of the molecule is CC1(c2ccc3c(c2)OCO3)NC(=S)NC1=O. The number of thiocarbonyl (C=S) groups is 1. The zero-order chi connectivity index (χ0) is 12.0. The average molecular weight is 250 g/mol. The van der Waals surface area contributed by atoms with Crippen LogP contribution in [0.1, 0.15) is 12.5 Å². The number of hydrogen-bond acceptors (Lipinski definition) is 4. The van der Waals surface area contributed by atoms with E-state index in [-0.39, 0.29) is 12.7 Å². The number of hydrogen-bond donors (Lipinski definition) is 2. The van der Waals surface area contributed by atoms with Crippen LogP contribution in [-0.2, 0) is 10.3 Å². The summed E-state index contributed by atoms with van der Waals surface area (Å²) in [6.07, 6.45) is 0. The molecule has 3 rings (SSSR count). The summed E-state index contributed by atoms with van der Waals surface area (Å²) < 4.78 is 10.5. The monoisotopic (exact) mass is 250 g/mol. The third-order valence-corrected chi connectivity index (χ3v) is 3.20. The second-order valence-corrected chi connectivity index (χ2v) is 4.51. The molecule has 1 saturated heterocycles. The first-order valence-corrected chi connectivity index (χ1v) is 5.54. The normalized spacial score (nSPS) is 25.7. The predicted molar refractivity (Wildman–Crippen MR) is 63.8 cm³/mol. The minimum absolute atomic E-state index is 0.165. The van der Waals surface area contributed by atoms with Crippen LogP contribution < -0.4 is 20.1 Å². The lowest BCUT2D eigenvalue weighted by atomic mass is 9.92. The fourth-order valence-corrected chi connectivity index (χ4v) is 2.25. The van der Waals surface area contributed by atoms with Gasteiger partial charge in [-0.1, -0.05) is 6.07 Å². The molecule has 2 aliphatic heterocycles. The van der Waals surface area contributed by atoms with E-state index in [1.54, 1.807) is 19.1 Å². The van der Waals surface area contributed by atoms with Gasteiger partial charge in [0.05, 0.1) is 0 Å². The van der Waals surface area contributed by atoms with Crippen molar-refractivity contribution < 1.29 is 14.3 Å². The smallest absolute Gasteiger partial charge is 0.256 e. The van der Waals surface area contributed by atoms with Crippen LogP contribution in [0.3, 0.4) is 0 Å². The molecule has 1 fully saturated rings. The maximum atomic E-state index is 11.9. The minimum atomic E-state index is -0.849. The Morgan fingerprint density at radius 1 is 1.35 bits per heavy atom. The molecule has 1 amide bonds. The van der Waals surface area contributed by atoms with Gasteiger partial charge < -0.3 is 20.1 Å². The summed E-state index contributed by atoms with van der Waals surface area (Å²) in [6.45, 7) is 1.99. The molecule has 1 aromatic carbocycles. The predicted octanol–water partition coefficient (Wildman–Crippen LogP) is 0.635. The van der Waals surface area contributed by atoms with Gasteiger partial charge in [0.25, 0.3) is 5.91 Å². The Bertz CT molecular complexity index is 531. The van der Waals surface area contributed by atoms with Gasteiger partial charge in [-0.25, -0.2) is 0 Å². The first-order valence-electron chi connectivity index (χ1n) is 5.13. The van der Waals surface area contributed by atoms with Crippen LogP contribution in [0.5, 0.6) is 11.5 Å². The number of ether oxygens (including phenoxy) is 2. The molecule has 0 bridgehead atoms. The molecule has 17 heavy (non-hydrogen) atoms. The second kappa shape index (κ2) is 3.33. The summed E-state index contributed by atoms with van der Waals surface area (Å²) >= 11 is 4.95. The maximum absolute atomic E-state index is 11.9. The van der Waals surface area contributed by atoms with Crippen molar-refractivity contribution in [2.45, 2.75) is 12.5 Å². The average Bonchev–Trinajstić information content (AvgIpc) is 2.83. The molecule has 0 aromatic heterocycles. The van der Waals surface area contributed by atoms with Crippen LogP contribution >= 0.6 is 12.2 Å². The zero-order valence-electron chi connectivity index (χ0n) is 9.07. The van der Waals surface area contributed by atoms with Crippen LogP contribution in [0.4, 0.5) is 0 Å². The number of fused-ring (bicyclic) bond motifs is 1. The number of benzene rings is 1. The molecular weight excluding hydrogens is 240 g/mol. The number of nitrogens with one attached hydrogen (secondary N) is 2. The number of rotatable bonds is 1. The van der Waals surface area contributed by atoms with E-state index in [1.165, 1.54) is 0 Å². The highest BCUT2D eigenvalue weighted by Gasteiger charge is 2.42. The largest absolute Gasteiger partial charge is 0.454 e. The van der Waals surface area contributed by atoms with Crippen LogP contribution in [0, 0.1) is 0 Å². The van der Waals surface area contributed by atoms with Crippen molar-refractivity contribution in [1.82, 2.24) is 10.6 Å². The molecule has 1 aromatic rings. The van der Waals surface area contributed by atoms with Crippen molar-refractivity contribution in [3.05, 3.63) is 23.8 Å². The van der Waals surface area contributed by atoms with E-state index in [9.17, 15) is 4.79 Å². The summed E-state index contributed by atoms with van der Waals surface area (Å²) in [5, 5.41) is 5.89. The van der Waals surface area contributed by atoms with Crippen LogP contribution in [0.25, 0.3) is 0 Å². The van der Waals surface area contributed by atoms with E-state index in [1.807, 2.05) is 6.07 Å². The zero-order valence-corrected chi connectivity index (χ0v) is 9.89. The molecule has 2 heterocycles. The van der Waals surface area contributed by atoms with Crippen molar-refractivity contribution in [1.29, 1.82) is 0 Å². The lowest BCUT2D eigenvalue weighted by molar-refractivity contribution is -0.123. The Balaban J connectivity index is 2.04. The molecule has 1 atom stereocenters. The fourth-order valence-electron chi connectivity index (χ4n) is 1.95. The fraction of sp³-hybridized carbons (Fsp3) is 0.273. The quantitative estimate of drug-likeness (QED) is 0.716. The van der Waals surface area contributed by atoms with Crippen LogP contribution in [0.15, 0.2) is 18.2 Å². The molecule has 0 saturated carbocycles. The molecule has 6 heteroatoms. The van der Waals surface area contributed by atoms with Gasteiger partial charge in [0.2, 0.25) is 6.79 Å². The topological polar surface area (TPSA) is 59.6 Å². The number of carbonyl (C=O) groups excluding carboxylic acids is 1.